The quantitative estimate of drug-likeness (QED) is 0.459. The van der Waals surface area contributed by atoms with E-state index >= 15 is 0 Å². The van der Waals surface area contributed by atoms with Crippen molar-refractivity contribution in [3.63, 3.8) is 0 Å². The topological polar surface area (TPSA) is 119 Å². The maximum Gasteiger partial charge on any atom is 0.339 e. The normalized spacial score (nSPS) is 10.9. The highest BCUT2D eigenvalue weighted by Crippen LogP contribution is 2.26. The lowest BCUT2D eigenvalue weighted by molar-refractivity contribution is -0.114. The van der Waals surface area contributed by atoms with Gasteiger partial charge < -0.3 is 14.8 Å². The Kier molecular flexibility index (Phi) is 8.11. The van der Waals surface area contributed by atoms with E-state index in [4.69, 9.17) is 9.47 Å². The molecule has 0 spiro atoms. The molecule has 0 radical (unpaired) electrons. The van der Waals surface area contributed by atoms with Crippen LogP contribution in [0.25, 0.3) is 0 Å². The molecule has 0 aliphatic carbocycles. The van der Waals surface area contributed by atoms with Crippen LogP contribution in [0, 0.1) is 13.8 Å². The number of anilines is 2. The maximum atomic E-state index is 13.5. The van der Waals surface area contributed by atoms with E-state index in [1.54, 1.807) is 36.4 Å². The molecule has 3 aromatic carbocycles. The Morgan fingerprint density at radius 1 is 0.833 bits per heavy atom. The number of benzene rings is 3. The molecule has 10 heteroatoms. The zero-order chi connectivity index (χ0) is 26.5. The van der Waals surface area contributed by atoms with Gasteiger partial charge in [-0.25, -0.2) is 18.0 Å². The van der Waals surface area contributed by atoms with E-state index in [1.807, 2.05) is 13.8 Å². The molecule has 0 saturated carbocycles. The van der Waals surface area contributed by atoms with Crippen LogP contribution in [0.4, 0.5) is 11.4 Å². The Morgan fingerprint density at radius 3 is 2.11 bits per heavy atom. The van der Waals surface area contributed by atoms with Crippen LogP contribution in [-0.4, -0.2) is 47.0 Å². The van der Waals surface area contributed by atoms with E-state index in [1.165, 1.54) is 44.6 Å². The van der Waals surface area contributed by atoms with Gasteiger partial charge in [-0.15, -0.1) is 0 Å². The summed E-state index contributed by atoms with van der Waals surface area (Å²) >= 11 is 0. The van der Waals surface area contributed by atoms with E-state index in [-0.39, 0.29) is 21.7 Å². The fourth-order valence-electron chi connectivity index (χ4n) is 3.42. The number of esters is 2. The van der Waals surface area contributed by atoms with Gasteiger partial charge in [-0.2, -0.15) is 0 Å². The number of rotatable bonds is 8. The molecule has 0 heterocycles. The zero-order valence-electron chi connectivity index (χ0n) is 20.3. The van der Waals surface area contributed by atoms with E-state index in [2.05, 4.69) is 5.32 Å². The smallest absolute Gasteiger partial charge is 0.339 e. The first-order valence-electron chi connectivity index (χ1n) is 10.8. The molecule has 0 atom stereocenters. The van der Waals surface area contributed by atoms with Gasteiger partial charge in [0.2, 0.25) is 5.91 Å². The number of methoxy groups -OCH3 is 2. The van der Waals surface area contributed by atoms with Crippen LogP contribution in [0.1, 0.15) is 31.8 Å². The molecule has 9 nitrogen and oxygen atoms in total. The lowest BCUT2D eigenvalue weighted by atomic mass is 10.1. The van der Waals surface area contributed by atoms with E-state index in [0.717, 1.165) is 15.4 Å². The molecule has 188 valence electrons. The van der Waals surface area contributed by atoms with Crippen LogP contribution in [0.5, 0.6) is 0 Å². The molecule has 0 fully saturated rings. The maximum absolute atomic E-state index is 13.5. The van der Waals surface area contributed by atoms with Crippen molar-refractivity contribution in [1.82, 2.24) is 0 Å². The predicted molar refractivity (Wildman–Crippen MR) is 135 cm³/mol. The molecular weight excluding hydrogens is 484 g/mol. The molecule has 0 aromatic heterocycles. The predicted octanol–water partition coefficient (Wildman–Crippen LogP) is 3.71. The number of sulfonamides is 1. The van der Waals surface area contributed by atoms with Gasteiger partial charge in [-0.05, 0) is 67.4 Å². The molecule has 3 rings (SSSR count). The van der Waals surface area contributed by atoms with Gasteiger partial charge in [0.15, 0.2) is 0 Å². The molecule has 0 aliphatic rings. The van der Waals surface area contributed by atoms with Gasteiger partial charge in [0.05, 0.1) is 41.6 Å². The lowest BCUT2D eigenvalue weighted by Crippen LogP contribution is -2.38. The third-order valence-corrected chi connectivity index (χ3v) is 7.31. The number of nitrogens with one attached hydrogen (secondary N) is 1. The Hall–Kier alpha value is -4.18. The molecule has 0 saturated heterocycles. The van der Waals surface area contributed by atoms with Crippen LogP contribution in [-0.2, 0) is 24.3 Å². The first-order valence-corrected chi connectivity index (χ1v) is 12.3. The zero-order valence-corrected chi connectivity index (χ0v) is 21.1. The summed E-state index contributed by atoms with van der Waals surface area (Å²) in [6.45, 7) is 3.14. The second-order valence-corrected chi connectivity index (χ2v) is 9.75. The van der Waals surface area contributed by atoms with Crippen molar-refractivity contribution in [3.8, 4) is 0 Å². The minimum Gasteiger partial charge on any atom is -0.465 e. The number of amides is 1. The summed E-state index contributed by atoms with van der Waals surface area (Å²) in [5.41, 5.74) is 2.16. The number of carbonyl (C=O) groups is 3. The summed E-state index contributed by atoms with van der Waals surface area (Å²) in [5.74, 6) is -2.16. The molecule has 0 aliphatic heterocycles. The Morgan fingerprint density at radius 2 is 1.50 bits per heavy atom. The highest BCUT2D eigenvalue weighted by molar-refractivity contribution is 7.92. The highest BCUT2D eigenvalue weighted by Gasteiger charge is 2.28. The molecule has 0 unspecified atom stereocenters. The van der Waals surface area contributed by atoms with Gasteiger partial charge in [0.1, 0.15) is 6.54 Å². The monoisotopic (exact) mass is 510 g/mol. The Bertz CT molecular complexity index is 1400. The van der Waals surface area contributed by atoms with Crippen molar-refractivity contribution < 1.29 is 32.3 Å². The summed E-state index contributed by atoms with van der Waals surface area (Å²) in [4.78, 5) is 37.4. The standard InChI is InChI=1S/C26H26N2O7S/c1-17-10-12-20(14-18(17)2)28(36(32,33)21-8-6-5-7-9-21)16-24(29)27-23-15-19(25(30)34-3)11-13-22(23)26(31)35-4/h5-15H,16H2,1-4H3,(H,27,29). The molecule has 1 N–H and O–H groups in total. The second-order valence-electron chi connectivity index (χ2n) is 7.88. The van der Waals surface area contributed by atoms with Gasteiger partial charge in [0, 0.05) is 0 Å². The first kappa shape index (κ1) is 26.4. The fraction of sp³-hybridized carbons (Fsp3) is 0.192. The van der Waals surface area contributed by atoms with Gasteiger partial charge >= 0.3 is 11.9 Å². The largest absolute Gasteiger partial charge is 0.465 e. The van der Waals surface area contributed by atoms with Crippen LogP contribution in [0.2, 0.25) is 0 Å². The van der Waals surface area contributed by atoms with Crippen LogP contribution >= 0.6 is 0 Å². The van der Waals surface area contributed by atoms with Crippen LogP contribution < -0.4 is 9.62 Å². The number of nitrogens with zero attached hydrogens (tertiary/aromatic N) is 1. The Balaban J connectivity index is 2.02. The summed E-state index contributed by atoms with van der Waals surface area (Å²) in [5, 5.41) is 2.54. The molecular formula is C26H26N2O7S. The van der Waals surface area contributed by atoms with E-state index in [9.17, 15) is 22.8 Å². The third-order valence-electron chi connectivity index (χ3n) is 5.52. The van der Waals surface area contributed by atoms with E-state index < -0.39 is 34.4 Å². The van der Waals surface area contributed by atoms with Crippen molar-refractivity contribution in [2.45, 2.75) is 18.7 Å². The average Bonchev–Trinajstić information content (AvgIpc) is 2.88. The van der Waals surface area contributed by atoms with Gasteiger partial charge in [0.25, 0.3) is 10.0 Å². The number of aryl methyl sites for hydroxylation is 2. The van der Waals surface area contributed by atoms with E-state index in [0.29, 0.717) is 5.69 Å². The Labute approximate surface area is 209 Å². The van der Waals surface area contributed by atoms with Crippen molar-refractivity contribution in [1.29, 1.82) is 0 Å². The average molecular weight is 511 g/mol. The highest BCUT2D eigenvalue weighted by atomic mass is 32.2. The summed E-state index contributed by atoms with van der Waals surface area (Å²) in [7, 11) is -1.75. The van der Waals surface area contributed by atoms with Crippen molar-refractivity contribution in [3.05, 3.63) is 89.0 Å². The first-order chi connectivity index (χ1) is 17.1. The van der Waals surface area contributed by atoms with Crippen molar-refractivity contribution in [2.24, 2.45) is 0 Å². The number of hydrogen-bond donors (Lipinski definition) is 1. The van der Waals surface area contributed by atoms with Gasteiger partial charge in [-0.3, -0.25) is 9.10 Å². The van der Waals surface area contributed by atoms with Crippen molar-refractivity contribution >= 4 is 39.2 Å². The lowest BCUT2D eigenvalue weighted by Gasteiger charge is -2.25. The number of hydrogen-bond acceptors (Lipinski definition) is 7. The SMILES string of the molecule is COC(=O)c1ccc(C(=O)OC)c(NC(=O)CN(c2ccc(C)c(C)c2)S(=O)(=O)c2ccccc2)c1. The molecule has 3 aromatic rings. The summed E-state index contributed by atoms with van der Waals surface area (Å²) in [6.07, 6.45) is 0. The van der Waals surface area contributed by atoms with Crippen LogP contribution in [0.15, 0.2) is 71.6 Å². The number of carbonyl (C=O) groups excluding carboxylic acids is 3. The molecule has 36 heavy (non-hydrogen) atoms. The summed E-state index contributed by atoms with van der Waals surface area (Å²) in [6, 6.07) is 16.8. The second kappa shape index (κ2) is 11.0. The molecule has 1 amide bonds. The minimum absolute atomic E-state index is 0.0119. The molecule has 0 bridgehead atoms. The van der Waals surface area contributed by atoms with Crippen molar-refractivity contribution in [2.75, 3.05) is 30.4 Å². The van der Waals surface area contributed by atoms with Gasteiger partial charge in [-0.1, -0.05) is 24.3 Å². The minimum atomic E-state index is -4.12. The fourth-order valence-corrected chi connectivity index (χ4v) is 4.85. The number of ether oxygens (including phenoxy) is 2. The third kappa shape index (κ3) is 5.72. The summed E-state index contributed by atoms with van der Waals surface area (Å²) < 4.78 is 37.5. The van der Waals surface area contributed by atoms with Crippen LogP contribution in [0.3, 0.4) is 0 Å².